The van der Waals surface area contributed by atoms with Crippen LogP contribution in [0, 0.1) is 5.92 Å². The summed E-state index contributed by atoms with van der Waals surface area (Å²) in [6.07, 6.45) is 1.56. The molecule has 3 atom stereocenters. The first-order chi connectivity index (χ1) is 9.38. The molecule has 7 nitrogen and oxygen atoms in total. The van der Waals surface area contributed by atoms with Gasteiger partial charge in [0.1, 0.15) is 12.1 Å². The van der Waals surface area contributed by atoms with Gasteiger partial charge in [-0.1, -0.05) is 6.92 Å². The van der Waals surface area contributed by atoms with E-state index in [4.69, 9.17) is 0 Å². The Morgan fingerprint density at radius 2 is 2.05 bits per heavy atom. The molecular weight excluding hydrogens is 262 g/mol. The van der Waals surface area contributed by atoms with E-state index in [9.17, 15) is 19.5 Å². The molecule has 3 N–H and O–H groups in total. The Morgan fingerprint density at radius 1 is 1.40 bits per heavy atom. The number of likely N-dealkylation sites (N-methyl/N-ethyl adjacent to an activating group) is 1. The third kappa shape index (κ3) is 3.85. The van der Waals surface area contributed by atoms with Crippen LogP contribution in [0.3, 0.4) is 0 Å². The fourth-order valence-corrected chi connectivity index (χ4v) is 2.45. The van der Waals surface area contributed by atoms with Gasteiger partial charge in [-0.3, -0.25) is 4.79 Å². The summed E-state index contributed by atoms with van der Waals surface area (Å²) in [6, 6.07) is -2.01. The van der Waals surface area contributed by atoms with Gasteiger partial charge in [0.2, 0.25) is 5.91 Å². The highest BCUT2D eigenvalue weighted by molar-refractivity contribution is 5.88. The van der Waals surface area contributed by atoms with Crippen LogP contribution in [0.1, 0.15) is 33.6 Å². The van der Waals surface area contributed by atoms with Gasteiger partial charge in [-0.05, 0) is 32.6 Å². The zero-order chi connectivity index (χ0) is 15.3. The Balaban J connectivity index is 2.69. The number of amides is 3. The molecule has 0 aromatic heterocycles. The van der Waals surface area contributed by atoms with Crippen LogP contribution in [0.25, 0.3) is 0 Å². The van der Waals surface area contributed by atoms with Crippen LogP contribution in [0.4, 0.5) is 4.79 Å². The number of hydrogen-bond acceptors (Lipinski definition) is 3. The summed E-state index contributed by atoms with van der Waals surface area (Å²) < 4.78 is 0. The third-order valence-electron chi connectivity index (χ3n) is 3.53. The molecule has 20 heavy (non-hydrogen) atoms. The number of carboxylic acids is 1. The van der Waals surface area contributed by atoms with Crippen molar-refractivity contribution in [3.05, 3.63) is 0 Å². The van der Waals surface area contributed by atoms with E-state index in [0.29, 0.717) is 13.1 Å². The van der Waals surface area contributed by atoms with Gasteiger partial charge in [-0.2, -0.15) is 0 Å². The number of piperidine rings is 1. The van der Waals surface area contributed by atoms with Gasteiger partial charge in [0, 0.05) is 13.1 Å². The Hall–Kier alpha value is -1.79. The summed E-state index contributed by atoms with van der Waals surface area (Å²) in [7, 11) is 0. The van der Waals surface area contributed by atoms with Crippen LogP contribution in [0.15, 0.2) is 0 Å². The predicted molar refractivity (Wildman–Crippen MR) is 73.2 cm³/mol. The Bertz CT molecular complexity index is 386. The van der Waals surface area contributed by atoms with Crippen LogP contribution in [0.2, 0.25) is 0 Å². The lowest BCUT2D eigenvalue weighted by molar-refractivity contribution is -0.145. The number of carbonyl (C=O) groups is 3. The lowest BCUT2D eigenvalue weighted by Crippen LogP contribution is -2.57. The maximum Gasteiger partial charge on any atom is 0.326 e. The molecule has 0 bridgehead atoms. The smallest absolute Gasteiger partial charge is 0.326 e. The first kappa shape index (κ1) is 16.3. The lowest BCUT2D eigenvalue weighted by Gasteiger charge is -2.37. The number of aliphatic carboxylic acids is 1. The average Bonchev–Trinajstić information content (AvgIpc) is 2.37. The first-order valence-electron chi connectivity index (χ1n) is 6.96. The Labute approximate surface area is 118 Å². The summed E-state index contributed by atoms with van der Waals surface area (Å²) in [5.41, 5.74) is 0. The SMILES string of the molecule is CCNC(=O)C(C)NC(=O)N1CCCC(C)C1C(=O)O. The standard InChI is InChI=1S/C13H23N3O4/c1-4-14-11(17)9(3)15-13(20)16-7-5-6-8(2)10(16)12(18)19/h8-10H,4-7H2,1-3H3,(H,14,17)(H,15,20)(H,18,19). The topological polar surface area (TPSA) is 98.7 Å². The van der Waals surface area contributed by atoms with Crippen molar-refractivity contribution in [1.29, 1.82) is 0 Å². The van der Waals surface area contributed by atoms with Crippen LogP contribution >= 0.6 is 0 Å². The van der Waals surface area contributed by atoms with Crippen molar-refractivity contribution in [2.24, 2.45) is 5.92 Å². The van der Waals surface area contributed by atoms with E-state index in [1.807, 2.05) is 6.92 Å². The van der Waals surface area contributed by atoms with Gasteiger partial charge in [-0.25, -0.2) is 9.59 Å². The molecule has 0 saturated carbocycles. The van der Waals surface area contributed by atoms with E-state index in [1.54, 1.807) is 13.8 Å². The molecule has 1 heterocycles. The first-order valence-corrected chi connectivity index (χ1v) is 6.96. The molecule has 3 amide bonds. The van der Waals surface area contributed by atoms with Gasteiger partial charge in [0.15, 0.2) is 0 Å². The van der Waals surface area contributed by atoms with Crippen molar-refractivity contribution >= 4 is 17.9 Å². The van der Waals surface area contributed by atoms with Crippen molar-refractivity contribution in [2.75, 3.05) is 13.1 Å². The lowest BCUT2D eigenvalue weighted by atomic mass is 9.91. The number of carbonyl (C=O) groups excluding carboxylic acids is 2. The molecule has 1 fully saturated rings. The van der Waals surface area contributed by atoms with E-state index in [1.165, 1.54) is 4.90 Å². The maximum absolute atomic E-state index is 12.1. The van der Waals surface area contributed by atoms with E-state index < -0.39 is 24.1 Å². The molecule has 1 saturated heterocycles. The number of urea groups is 1. The van der Waals surface area contributed by atoms with Crippen molar-refractivity contribution < 1.29 is 19.5 Å². The highest BCUT2D eigenvalue weighted by atomic mass is 16.4. The average molecular weight is 285 g/mol. The van der Waals surface area contributed by atoms with Gasteiger partial charge in [0.25, 0.3) is 0 Å². The number of carboxylic acid groups (broad SMARTS) is 1. The van der Waals surface area contributed by atoms with E-state index in [-0.39, 0.29) is 11.8 Å². The molecule has 1 aliphatic rings. The normalized spacial score (nSPS) is 23.9. The molecule has 0 aromatic carbocycles. The Morgan fingerprint density at radius 3 is 2.60 bits per heavy atom. The van der Waals surface area contributed by atoms with Gasteiger partial charge in [-0.15, -0.1) is 0 Å². The van der Waals surface area contributed by atoms with Crippen molar-refractivity contribution in [3.8, 4) is 0 Å². The fraction of sp³-hybridized carbons (Fsp3) is 0.769. The van der Waals surface area contributed by atoms with Crippen molar-refractivity contribution in [2.45, 2.75) is 45.7 Å². The number of nitrogens with one attached hydrogen (secondary N) is 2. The number of likely N-dealkylation sites (tertiary alicyclic amines) is 1. The minimum Gasteiger partial charge on any atom is -0.480 e. The third-order valence-corrected chi connectivity index (χ3v) is 3.53. The molecule has 0 aromatic rings. The summed E-state index contributed by atoms with van der Waals surface area (Å²) in [5, 5.41) is 14.4. The van der Waals surface area contributed by atoms with Gasteiger partial charge >= 0.3 is 12.0 Å². The summed E-state index contributed by atoms with van der Waals surface area (Å²) in [4.78, 5) is 36.3. The largest absolute Gasteiger partial charge is 0.480 e. The number of rotatable bonds is 4. The quantitative estimate of drug-likeness (QED) is 0.696. The molecule has 3 unspecified atom stereocenters. The van der Waals surface area contributed by atoms with E-state index >= 15 is 0 Å². The zero-order valence-corrected chi connectivity index (χ0v) is 12.2. The summed E-state index contributed by atoms with van der Waals surface area (Å²) in [6.45, 7) is 6.07. The second kappa shape index (κ2) is 7.12. The molecule has 7 heteroatoms. The van der Waals surface area contributed by atoms with Crippen LogP contribution in [-0.4, -0.2) is 53.1 Å². The predicted octanol–water partition coefficient (Wildman–Crippen LogP) is 0.406. The maximum atomic E-state index is 12.1. The second-order valence-corrected chi connectivity index (χ2v) is 5.16. The van der Waals surface area contributed by atoms with Gasteiger partial charge in [0.05, 0.1) is 0 Å². The van der Waals surface area contributed by atoms with Crippen molar-refractivity contribution in [1.82, 2.24) is 15.5 Å². The molecule has 1 aliphatic heterocycles. The molecular formula is C13H23N3O4. The molecule has 0 radical (unpaired) electrons. The van der Waals surface area contributed by atoms with Crippen LogP contribution < -0.4 is 10.6 Å². The molecule has 0 aliphatic carbocycles. The van der Waals surface area contributed by atoms with Gasteiger partial charge < -0.3 is 20.6 Å². The number of nitrogens with zero attached hydrogens (tertiary/aromatic N) is 1. The molecule has 114 valence electrons. The Kier molecular flexibility index (Phi) is 5.79. The van der Waals surface area contributed by atoms with E-state index in [0.717, 1.165) is 12.8 Å². The van der Waals surface area contributed by atoms with Crippen molar-refractivity contribution in [3.63, 3.8) is 0 Å². The monoisotopic (exact) mass is 285 g/mol. The molecule has 1 rings (SSSR count). The van der Waals surface area contributed by atoms with Crippen LogP contribution in [0.5, 0.6) is 0 Å². The molecule has 0 spiro atoms. The zero-order valence-electron chi connectivity index (χ0n) is 12.2. The van der Waals surface area contributed by atoms with Crippen LogP contribution in [-0.2, 0) is 9.59 Å². The number of hydrogen-bond donors (Lipinski definition) is 3. The summed E-state index contributed by atoms with van der Waals surface area (Å²) in [5.74, 6) is -1.37. The summed E-state index contributed by atoms with van der Waals surface area (Å²) >= 11 is 0. The highest BCUT2D eigenvalue weighted by Gasteiger charge is 2.37. The fourth-order valence-electron chi connectivity index (χ4n) is 2.45. The highest BCUT2D eigenvalue weighted by Crippen LogP contribution is 2.23. The minimum atomic E-state index is -1.00. The minimum absolute atomic E-state index is 0.0909. The van der Waals surface area contributed by atoms with E-state index in [2.05, 4.69) is 10.6 Å². The second-order valence-electron chi connectivity index (χ2n) is 5.16.